The van der Waals surface area contributed by atoms with Crippen LogP contribution in [0, 0.1) is 0 Å². The summed E-state index contributed by atoms with van der Waals surface area (Å²) in [5.41, 5.74) is 3.76. The van der Waals surface area contributed by atoms with Crippen molar-refractivity contribution in [1.82, 2.24) is 15.1 Å². The molecular formula is C26H29N3O. The van der Waals surface area contributed by atoms with Crippen molar-refractivity contribution in [1.29, 1.82) is 0 Å². The van der Waals surface area contributed by atoms with Crippen LogP contribution in [0.15, 0.2) is 91.0 Å². The molecule has 4 heteroatoms. The van der Waals surface area contributed by atoms with Crippen molar-refractivity contribution < 1.29 is 4.79 Å². The molecule has 30 heavy (non-hydrogen) atoms. The average Bonchev–Trinajstić information content (AvgIpc) is 2.82. The number of amides is 2. The van der Waals surface area contributed by atoms with Crippen LogP contribution in [-0.2, 0) is 6.54 Å². The molecule has 1 aliphatic rings. The molecule has 0 bridgehead atoms. The predicted octanol–water partition coefficient (Wildman–Crippen LogP) is 4.35. The van der Waals surface area contributed by atoms with Crippen LogP contribution in [0.3, 0.4) is 0 Å². The standard InChI is InChI=1S/C26H29N3O/c30-26(29-18-16-28(17-19-29)21-22-10-4-1-5-11-22)27-20-25(23-12-6-2-7-13-23)24-14-8-3-9-15-24/h1-15,25H,16-21H2,(H,27,30). The smallest absolute Gasteiger partial charge is 0.317 e. The highest BCUT2D eigenvalue weighted by Crippen LogP contribution is 2.23. The first kappa shape index (κ1) is 20.2. The molecule has 0 aliphatic carbocycles. The van der Waals surface area contributed by atoms with Crippen LogP contribution in [0.2, 0.25) is 0 Å². The first-order chi connectivity index (χ1) is 14.8. The van der Waals surface area contributed by atoms with Gasteiger partial charge in [-0.05, 0) is 16.7 Å². The van der Waals surface area contributed by atoms with E-state index in [0.717, 1.165) is 32.7 Å². The fourth-order valence-corrected chi connectivity index (χ4v) is 4.05. The zero-order valence-electron chi connectivity index (χ0n) is 17.3. The third-order valence-corrected chi connectivity index (χ3v) is 5.77. The van der Waals surface area contributed by atoms with Gasteiger partial charge in [0, 0.05) is 45.2 Å². The molecular weight excluding hydrogens is 370 g/mol. The van der Waals surface area contributed by atoms with Gasteiger partial charge in [0.25, 0.3) is 0 Å². The van der Waals surface area contributed by atoms with Gasteiger partial charge in [-0.1, -0.05) is 91.0 Å². The second-order valence-corrected chi connectivity index (χ2v) is 7.81. The topological polar surface area (TPSA) is 35.6 Å². The number of hydrogen-bond acceptors (Lipinski definition) is 2. The van der Waals surface area contributed by atoms with E-state index in [9.17, 15) is 4.79 Å². The summed E-state index contributed by atoms with van der Waals surface area (Å²) < 4.78 is 0. The first-order valence-corrected chi connectivity index (χ1v) is 10.7. The number of nitrogens with zero attached hydrogens (tertiary/aromatic N) is 2. The van der Waals surface area contributed by atoms with E-state index in [2.05, 4.69) is 83.0 Å². The van der Waals surface area contributed by atoms with Gasteiger partial charge in [0.05, 0.1) is 0 Å². The predicted molar refractivity (Wildman–Crippen MR) is 121 cm³/mol. The van der Waals surface area contributed by atoms with Gasteiger partial charge in [0.1, 0.15) is 0 Å². The Morgan fingerprint density at radius 3 is 1.77 bits per heavy atom. The van der Waals surface area contributed by atoms with Crippen molar-refractivity contribution in [3.05, 3.63) is 108 Å². The molecule has 3 aromatic carbocycles. The number of carbonyl (C=O) groups excluding carboxylic acids is 1. The average molecular weight is 400 g/mol. The maximum Gasteiger partial charge on any atom is 0.317 e. The quantitative estimate of drug-likeness (QED) is 0.669. The van der Waals surface area contributed by atoms with Gasteiger partial charge in [-0.25, -0.2) is 4.79 Å². The van der Waals surface area contributed by atoms with E-state index >= 15 is 0 Å². The molecule has 1 heterocycles. The van der Waals surface area contributed by atoms with Gasteiger partial charge in [-0.2, -0.15) is 0 Å². The summed E-state index contributed by atoms with van der Waals surface area (Å²) in [5.74, 6) is 0.149. The molecule has 0 saturated carbocycles. The van der Waals surface area contributed by atoms with Crippen LogP contribution in [0.5, 0.6) is 0 Å². The molecule has 1 N–H and O–H groups in total. The van der Waals surface area contributed by atoms with Gasteiger partial charge in [0.15, 0.2) is 0 Å². The number of piperazine rings is 1. The van der Waals surface area contributed by atoms with Crippen molar-refractivity contribution in [3.8, 4) is 0 Å². The van der Waals surface area contributed by atoms with E-state index in [-0.39, 0.29) is 11.9 Å². The normalized spacial score (nSPS) is 14.6. The number of rotatable bonds is 6. The summed E-state index contributed by atoms with van der Waals surface area (Å²) >= 11 is 0. The molecule has 0 atom stereocenters. The van der Waals surface area contributed by atoms with Gasteiger partial charge in [-0.3, -0.25) is 4.90 Å². The molecule has 0 radical (unpaired) electrons. The minimum Gasteiger partial charge on any atom is -0.337 e. The maximum absolute atomic E-state index is 12.8. The fraction of sp³-hybridized carbons (Fsp3) is 0.269. The number of urea groups is 1. The van der Waals surface area contributed by atoms with Crippen LogP contribution in [-0.4, -0.2) is 48.6 Å². The lowest BCUT2D eigenvalue weighted by atomic mass is 9.91. The summed E-state index contributed by atoms with van der Waals surface area (Å²) in [7, 11) is 0. The first-order valence-electron chi connectivity index (χ1n) is 10.7. The Kier molecular flexibility index (Phi) is 6.78. The highest BCUT2D eigenvalue weighted by Gasteiger charge is 2.22. The third kappa shape index (κ3) is 5.28. The van der Waals surface area contributed by atoms with Crippen molar-refractivity contribution in [2.24, 2.45) is 0 Å². The molecule has 1 fully saturated rings. The summed E-state index contributed by atoms with van der Waals surface area (Å²) in [6.45, 7) is 4.88. The Morgan fingerprint density at radius 1 is 0.733 bits per heavy atom. The maximum atomic E-state index is 12.8. The lowest BCUT2D eigenvalue weighted by molar-refractivity contribution is 0.135. The van der Waals surface area contributed by atoms with E-state index in [1.165, 1.54) is 16.7 Å². The monoisotopic (exact) mass is 399 g/mol. The molecule has 1 aliphatic heterocycles. The fourth-order valence-electron chi connectivity index (χ4n) is 4.05. The zero-order valence-corrected chi connectivity index (χ0v) is 17.3. The Bertz CT molecular complexity index is 867. The minimum absolute atomic E-state index is 0.0335. The molecule has 0 aromatic heterocycles. The van der Waals surface area contributed by atoms with E-state index < -0.39 is 0 Å². The van der Waals surface area contributed by atoms with Crippen molar-refractivity contribution >= 4 is 6.03 Å². The van der Waals surface area contributed by atoms with Crippen LogP contribution < -0.4 is 5.32 Å². The molecule has 3 aromatic rings. The molecule has 2 amide bonds. The largest absolute Gasteiger partial charge is 0.337 e. The second kappa shape index (κ2) is 10.1. The Hall–Kier alpha value is -3.11. The van der Waals surface area contributed by atoms with Crippen LogP contribution >= 0.6 is 0 Å². The Balaban J connectivity index is 1.32. The van der Waals surface area contributed by atoms with Crippen molar-refractivity contribution in [3.63, 3.8) is 0 Å². The molecule has 154 valence electrons. The number of hydrogen-bond donors (Lipinski definition) is 1. The van der Waals surface area contributed by atoms with Crippen LogP contribution in [0.4, 0.5) is 4.79 Å². The molecule has 1 saturated heterocycles. The van der Waals surface area contributed by atoms with Gasteiger partial charge >= 0.3 is 6.03 Å². The molecule has 0 spiro atoms. The summed E-state index contributed by atoms with van der Waals surface area (Å²) in [5, 5.41) is 3.18. The van der Waals surface area contributed by atoms with E-state index in [4.69, 9.17) is 0 Å². The highest BCUT2D eigenvalue weighted by atomic mass is 16.2. The van der Waals surface area contributed by atoms with Crippen LogP contribution in [0.1, 0.15) is 22.6 Å². The molecule has 4 nitrogen and oxygen atoms in total. The lowest BCUT2D eigenvalue weighted by Crippen LogP contribution is -2.51. The van der Waals surface area contributed by atoms with Crippen molar-refractivity contribution in [2.45, 2.75) is 12.5 Å². The molecule has 4 rings (SSSR count). The summed E-state index contributed by atoms with van der Waals surface area (Å²) in [4.78, 5) is 17.2. The van der Waals surface area contributed by atoms with E-state index in [0.29, 0.717) is 6.54 Å². The van der Waals surface area contributed by atoms with Gasteiger partial charge < -0.3 is 10.2 Å². The van der Waals surface area contributed by atoms with Gasteiger partial charge in [0.2, 0.25) is 0 Å². The summed E-state index contributed by atoms with van der Waals surface area (Å²) in [6.07, 6.45) is 0. The number of benzene rings is 3. The minimum atomic E-state index is 0.0335. The highest BCUT2D eigenvalue weighted by molar-refractivity contribution is 5.74. The number of carbonyl (C=O) groups is 1. The Morgan fingerprint density at radius 2 is 1.23 bits per heavy atom. The Labute approximate surface area is 179 Å². The van der Waals surface area contributed by atoms with Gasteiger partial charge in [-0.15, -0.1) is 0 Å². The van der Waals surface area contributed by atoms with Crippen LogP contribution in [0.25, 0.3) is 0 Å². The second-order valence-electron chi connectivity index (χ2n) is 7.81. The lowest BCUT2D eigenvalue weighted by Gasteiger charge is -2.35. The SMILES string of the molecule is O=C(NCC(c1ccccc1)c1ccccc1)N1CCN(Cc2ccccc2)CC1. The summed E-state index contributed by atoms with van der Waals surface area (Å²) in [6, 6.07) is 31.4. The zero-order chi connectivity index (χ0) is 20.6. The number of nitrogens with one attached hydrogen (secondary N) is 1. The molecule has 0 unspecified atom stereocenters. The van der Waals surface area contributed by atoms with Crippen molar-refractivity contribution in [2.75, 3.05) is 32.7 Å². The van der Waals surface area contributed by atoms with E-state index in [1.54, 1.807) is 0 Å². The third-order valence-electron chi connectivity index (χ3n) is 5.77. The van der Waals surface area contributed by atoms with E-state index in [1.807, 2.05) is 23.1 Å².